The lowest BCUT2D eigenvalue weighted by atomic mass is 9.76. The minimum Gasteiger partial charge on any atom is -0.480 e. The highest BCUT2D eigenvalue weighted by atomic mass is 16.4. The van der Waals surface area contributed by atoms with Crippen LogP contribution in [0.2, 0.25) is 6.32 Å². The summed E-state index contributed by atoms with van der Waals surface area (Å²) in [6.07, 6.45) is 2.74. The lowest BCUT2D eigenvalue weighted by Gasteiger charge is -2.32. The van der Waals surface area contributed by atoms with Gasteiger partial charge in [-0.2, -0.15) is 0 Å². The van der Waals surface area contributed by atoms with Crippen molar-refractivity contribution in [2.24, 2.45) is 23.5 Å². The normalized spacial score (nSPS) is 40.6. The molecule has 1 aliphatic carbocycles. The zero-order chi connectivity index (χ0) is 13.3. The van der Waals surface area contributed by atoms with Gasteiger partial charge in [0.2, 0.25) is 0 Å². The number of hydrogen-bond donors (Lipinski definition) is 4. The van der Waals surface area contributed by atoms with Crippen LogP contribution in [0.3, 0.4) is 0 Å². The van der Waals surface area contributed by atoms with Gasteiger partial charge in [0.05, 0.1) is 0 Å². The Morgan fingerprint density at radius 3 is 2.84 bits per heavy atom. The fraction of sp³-hybridized carbons (Fsp3) is 0.917. The minimum absolute atomic E-state index is 0. The fourth-order valence-electron chi connectivity index (χ4n) is 3.96. The van der Waals surface area contributed by atoms with Crippen molar-refractivity contribution >= 4 is 13.5 Å². The highest BCUT2D eigenvalue weighted by molar-refractivity contribution is 6.25. The first-order valence-electron chi connectivity index (χ1n) is 6.72. The van der Waals surface area contributed by atoms with Gasteiger partial charge < -0.3 is 26.7 Å². The van der Waals surface area contributed by atoms with E-state index in [-0.39, 0.29) is 11.4 Å². The quantitative estimate of drug-likeness (QED) is 0.376. The third kappa shape index (κ3) is 2.79. The van der Waals surface area contributed by atoms with Crippen molar-refractivity contribution in [3.63, 3.8) is 0 Å². The number of aliphatic carboxylic acids is 1. The van der Waals surface area contributed by atoms with Crippen LogP contribution in [0.5, 0.6) is 0 Å². The summed E-state index contributed by atoms with van der Waals surface area (Å²) >= 11 is 0. The van der Waals surface area contributed by atoms with Crippen molar-refractivity contribution < 1.29 is 20.4 Å². The number of rotatable bonds is 5. The Hall–Kier alpha value is -0.625. The summed E-state index contributed by atoms with van der Waals surface area (Å²) in [6.45, 7) is 2.99. The molecule has 1 saturated carbocycles. The number of carboxylic acids is 1. The first-order valence-corrected chi connectivity index (χ1v) is 6.72. The van der Waals surface area contributed by atoms with Gasteiger partial charge in [-0.05, 0) is 44.1 Å². The van der Waals surface area contributed by atoms with E-state index in [4.69, 9.17) is 10.8 Å². The smallest absolute Gasteiger partial charge is 0.323 e. The largest absolute Gasteiger partial charge is 0.480 e. The molecule has 6 nitrogen and oxygen atoms in total. The molecule has 7 N–H and O–H groups in total. The lowest BCUT2D eigenvalue weighted by Crippen LogP contribution is -2.53. The Morgan fingerprint density at radius 2 is 2.26 bits per heavy atom. The number of nitrogens with two attached hydrogens (primary N) is 1. The van der Waals surface area contributed by atoms with Crippen LogP contribution in [-0.2, 0) is 4.79 Å². The molecule has 7 heteroatoms. The first kappa shape index (κ1) is 16.4. The van der Waals surface area contributed by atoms with Crippen LogP contribution in [0, 0.1) is 17.8 Å². The van der Waals surface area contributed by atoms with Gasteiger partial charge >= 0.3 is 5.97 Å². The molecule has 0 spiro atoms. The van der Waals surface area contributed by atoms with Crippen molar-refractivity contribution in [1.29, 1.82) is 0 Å². The molecule has 0 aromatic heterocycles. The van der Waals surface area contributed by atoms with Crippen molar-refractivity contribution in [2.75, 3.05) is 6.54 Å². The maximum atomic E-state index is 11.5. The number of nitrogens with one attached hydrogen (secondary N) is 1. The molecule has 19 heavy (non-hydrogen) atoms. The molecule has 5 atom stereocenters. The van der Waals surface area contributed by atoms with Gasteiger partial charge in [0, 0.05) is 6.04 Å². The third-order valence-electron chi connectivity index (χ3n) is 4.80. The van der Waals surface area contributed by atoms with Crippen molar-refractivity contribution in [2.45, 2.75) is 44.1 Å². The van der Waals surface area contributed by atoms with Crippen LogP contribution >= 0.6 is 0 Å². The van der Waals surface area contributed by atoms with Crippen LogP contribution < -0.4 is 11.1 Å². The SMILES string of the molecule is C[C@H]1NC[C@@H]2CC(N)(C(=O)O)[C@@H](CCC[B]O)[C@@H]21.O. The highest BCUT2D eigenvalue weighted by Crippen LogP contribution is 2.49. The van der Waals surface area contributed by atoms with Crippen molar-refractivity contribution in [3.05, 3.63) is 0 Å². The molecule has 1 saturated heterocycles. The maximum Gasteiger partial charge on any atom is 0.323 e. The Morgan fingerprint density at radius 1 is 1.58 bits per heavy atom. The Kier molecular flexibility index (Phi) is 5.38. The van der Waals surface area contributed by atoms with Gasteiger partial charge in [-0.3, -0.25) is 4.79 Å². The maximum absolute atomic E-state index is 11.5. The standard InChI is InChI=1S/C12H22BN2O3.H2O/c1-7-10-8(6-15-7)5-12(14,11(16)17)9(10)3-2-4-13-18;/h7-10,15,18H,2-6,14H2,1H3,(H,16,17);1H2/t7-,8+,9+,10-,12?;/m1./s1. The van der Waals surface area contributed by atoms with Gasteiger partial charge in [0.25, 0.3) is 7.48 Å². The van der Waals surface area contributed by atoms with E-state index in [0.717, 1.165) is 26.9 Å². The van der Waals surface area contributed by atoms with Crippen LogP contribution in [0.4, 0.5) is 0 Å². The number of hydrogen-bond acceptors (Lipinski definition) is 4. The van der Waals surface area contributed by atoms with Crippen molar-refractivity contribution in [3.8, 4) is 0 Å². The average molecular weight is 271 g/mol. The van der Waals surface area contributed by atoms with E-state index in [0.29, 0.717) is 30.6 Å². The van der Waals surface area contributed by atoms with E-state index in [1.807, 2.05) is 0 Å². The monoisotopic (exact) mass is 271 g/mol. The molecular formula is C12H24BN2O4. The fourth-order valence-corrected chi connectivity index (χ4v) is 3.96. The molecule has 1 radical (unpaired) electrons. The predicted molar refractivity (Wildman–Crippen MR) is 72.7 cm³/mol. The molecule has 2 rings (SSSR count). The van der Waals surface area contributed by atoms with Gasteiger partial charge in [-0.1, -0.05) is 12.7 Å². The summed E-state index contributed by atoms with van der Waals surface area (Å²) in [4.78, 5) is 11.5. The topological polar surface area (TPSA) is 127 Å². The zero-order valence-electron chi connectivity index (χ0n) is 11.3. The second-order valence-electron chi connectivity index (χ2n) is 5.80. The summed E-state index contributed by atoms with van der Waals surface area (Å²) in [5.41, 5.74) is 5.10. The van der Waals surface area contributed by atoms with E-state index in [1.54, 1.807) is 0 Å². The molecule has 109 valence electrons. The van der Waals surface area contributed by atoms with Crippen LogP contribution in [0.15, 0.2) is 0 Å². The van der Waals surface area contributed by atoms with Crippen LogP contribution in [-0.4, -0.2) is 47.2 Å². The Balaban J connectivity index is 0.00000180. The highest BCUT2D eigenvalue weighted by Gasteiger charge is 2.58. The summed E-state index contributed by atoms with van der Waals surface area (Å²) < 4.78 is 0. The summed E-state index contributed by atoms with van der Waals surface area (Å²) in [5, 5.41) is 21.6. The minimum atomic E-state index is -1.08. The second kappa shape index (κ2) is 6.22. The molecule has 0 bridgehead atoms. The molecule has 1 unspecified atom stereocenters. The molecule has 1 heterocycles. The number of fused-ring (bicyclic) bond motifs is 1. The Labute approximate surface area is 114 Å². The summed E-state index contributed by atoms with van der Waals surface area (Å²) in [5.74, 6) is -0.138. The van der Waals surface area contributed by atoms with Crippen molar-refractivity contribution in [1.82, 2.24) is 5.32 Å². The van der Waals surface area contributed by atoms with Crippen LogP contribution in [0.25, 0.3) is 0 Å². The van der Waals surface area contributed by atoms with E-state index in [9.17, 15) is 9.90 Å². The van der Waals surface area contributed by atoms with Gasteiger partial charge in [0.1, 0.15) is 5.54 Å². The lowest BCUT2D eigenvalue weighted by molar-refractivity contribution is -0.145. The third-order valence-corrected chi connectivity index (χ3v) is 4.80. The average Bonchev–Trinajstić information content (AvgIpc) is 2.79. The number of carbonyl (C=O) groups is 1. The first-order chi connectivity index (χ1) is 8.50. The van der Waals surface area contributed by atoms with Gasteiger partial charge in [-0.15, -0.1) is 0 Å². The number of carboxylic acid groups (broad SMARTS) is 1. The van der Waals surface area contributed by atoms with E-state index in [2.05, 4.69) is 12.2 Å². The van der Waals surface area contributed by atoms with Crippen LogP contribution in [0.1, 0.15) is 26.2 Å². The van der Waals surface area contributed by atoms with E-state index < -0.39 is 11.5 Å². The zero-order valence-corrected chi connectivity index (χ0v) is 11.3. The summed E-state index contributed by atoms with van der Waals surface area (Å²) in [6, 6.07) is 0.336. The van der Waals surface area contributed by atoms with Gasteiger partial charge in [0.15, 0.2) is 0 Å². The molecule has 0 aromatic carbocycles. The molecule has 2 aliphatic rings. The predicted octanol–water partition coefficient (Wildman–Crippen LogP) is -1.00. The summed E-state index contributed by atoms with van der Waals surface area (Å²) in [7, 11) is 1.14. The molecule has 0 amide bonds. The molecule has 0 aromatic rings. The molecular weight excluding hydrogens is 247 g/mol. The van der Waals surface area contributed by atoms with E-state index >= 15 is 0 Å². The van der Waals surface area contributed by atoms with Gasteiger partial charge in [-0.25, -0.2) is 0 Å². The molecule has 1 aliphatic heterocycles. The second-order valence-corrected chi connectivity index (χ2v) is 5.80. The van der Waals surface area contributed by atoms with E-state index in [1.165, 1.54) is 0 Å². The molecule has 2 fully saturated rings. The Bertz CT molecular complexity index is 331.